The van der Waals surface area contributed by atoms with E-state index in [-0.39, 0.29) is 37.0 Å². The molecule has 2 amide bonds. The lowest BCUT2D eigenvalue weighted by molar-refractivity contribution is -0.134. The highest BCUT2D eigenvalue weighted by Gasteiger charge is 2.58. The van der Waals surface area contributed by atoms with Crippen molar-refractivity contribution in [3.05, 3.63) is 42.0 Å². The molecule has 0 spiro atoms. The van der Waals surface area contributed by atoms with E-state index in [2.05, 4.69) is 15.5 Å². The predicted molar refractivity (Wildman–Crippen MR) is 106 cm³/mol. The summed E-state index contributed by atoms with van der Waals surface area (Å²) in [5.41, 5.74) is -0.455. The van der Waals surface area contributed by atoms with E-state index < -0.39 is 5.41 Å². The third kappa shape index (κ3) is 4.02. The molecule has 1 aliphatic carbocycles. The SMILES string of the molecule is COCC(=O)N1C[C@@H]2C[C@@H](NC(=O)COc3ccccc3)C[C@]2(c2nc(C)no2)C1. The number of rotatable bonds is 7. The van der Waals surface area contributed by atoms with Gasteiger partial charge in [0.1, 0.15) is 12.4 Å². The van der Waals surface area contributed by atoms with Gasteiger partial charge in [0.15, 0.2) is 12.4 Å². The topological polar surface area (TPSA) is 107 Å². The Kier molecular flexibility index (Phi) is 5.72. The van der Waals surface area contributed by atoms with Gasteiger partial charge in [-0.2, -0.15) is 4.98 Å². The Labute approximate surface area is 174 Å². The monoisotopic (exact) mass is 414 g/mol. The molecule has 160 valence electrons. The van der Waals surface area contributed by atoms with Crippen LogP contribution in [0.3, 0.4) is 0 Å². The minimum atomic E-state index is -0.455. The highest BCUT2D eigenvalue weighted by Crippen LogP contribution is 2.50. The Hall–Kier alpha value is -2.94. The van der Waals surface area contributed by atoms with Gasteiger partial charge in [-0.05, 0) is 37.8 Å². The summed E-state index contributed by atoms with van der Waals surface area (Å²) in [5, 5.41) is 7.02. The molecule has 2 fully saturated rings. The Balaban J connectivity index is 1.43. The second-order valence-corrected chi connectivity index (χ2v) is 8.01. The van der Waals surface area contributed by atoms with Crippen LogP contribution in [0.15, 0.2) is 34.9 Å². The number of hydrogen-bond donors (Lipinski definition) is 1. The molecule has 0 radical (unpaired) electrons. The summed E-state index contributed by atoms with van der Waals surface area (Å²) < 4.78 is 16.1. The van der Waals surface area contributed by atoms with Crippen LogP contribution in [-0.2, 0) is 19.7 Å². The maximum atomic E-state index is 12.4. The zero-order valence-electron chi connectivity index (χ0n) is 17.2. The molecule has 1 saturated heterocycles. The Morgan fingerprint density at radius 2 is 2.10 bits per heavy atom. The lowest BCUT2D eigenvalue weighted by Crippen LogP contribution is -2.41. The van der Waals surface area contributed by atoms with Gasteiger partial charge in [-0.3, -0.25) is 9.59 Å². The Bertz CT molecular complexity index is 902. The standard InChI is InChI=1S/C21H26N4O5/c1-14-22-20(30-24-14)21-9-16(8-15(21)10-25(13-21)19(27)12-28-2)23-18(26)11-29-17-6-4-3-5-7-17/h3-7,15-16H,8-13H2,1-2H3,(H,23,26)/t15-,16+,21-/m0/s1. The summed E-state index contributed by atoms with van der Waals surface area (Å²) in [6.07, 6.45) is 1.36. The van der Waals surface area contributed by atoms with Crippen LogP contribution in [-0.4, -0.2) is 66.3 Å². The summed E-state index contributed by atoms with van der Waals surface area (Å²) in [5.74, 6) is 1.64. The molecule has 9 nitrogen and oxygen atoms in total. The van der Waals surface area contributed by atoms with Crippen LogP contribution in [0.1, 0.15) is 24.6 Å². The number of carbonyl (C=O) groups is 2. The number of nitrogens with one attached hydrogen (secondary N) is 1. The number of methoxy groups -OCH3 is 1. The second-order valence-electron chi connectivity index (χ2n) is 8.01. The molecule has 3 atom stereocenters. The van der Waals surface area contributed by atoms with Crippen LogP contribution in [0.2, 0.25) is 0 Å². The summed E-state index contributed by atoms with van der Waals surface area (Å²) in [4.78, 5) is 31.1. The van der Waals surface area contributed by atoms with Gasteiger partial charge >= 0.3 is 0 Å². The second kappa shape index (κ2) is 8.43. The zero-order valence-corrected chi connectivity index (χ0v) is 17.2. The Morgan fingerprint density at radius 3 is 2.80 bits per heavy atom. The van der Waals surface area contributed by atoms with Crippen molar-refractivity contribution < 1.29 is 23.6 Å². The van der Waals surface area contributed by atoms with Crippen LogP contribution in [0.25, 0.3) is 0 Å². The first-order chi connectivity index (χ1) is 14.5. The van der Waals surface area contributed by atoms with E-state index in [0.717, 1.165) is 6.42 Å². The van der Waals surface area contributed by atoms with Crippen LogP contribution in [0.5, 0.6) is 5.75 Å². The first-order valence-corrected chi connectivity index (χ1v) is 10.0. The molecule has 1 aromatic heterocycles. The van der Waals surface area contributed by atoms with Crippen LogP contribution in [0.4, 0.5) is 0 Å². The molecule has 2 aliphatic rings. The number of hydrogen-bond acceptors (Lipinski definition) is 7. The molecular weight excluding hydrogens is 388 g/mol. The Morgan fingerprint density at radius 1 is 1.30 bits per heavy atom. The van der Waals surface area contributed by atoms with Crippen molar-refractivity contribution in [1.82, 2.24) is 20.4 Å². The van der Waals surface area contributed by atoms with E-state index in [1.165, 1.54) is 7.11 Å². The number of likely N-dealkylation sites (tertiary alicyclic amines) is 1. The van der Waals surface area contributed by atoms with Gasteiger partial charge < -0.3 is 24.2 Å². The van der Waals surface area contributed by atoms with Gasteiger partial charge in [0, 0.05) is 26.2 Å². The highest BCUT2D eigenvalue weighted by atomic mass is 16.5. The molecule has 0 unspecified atom stereocenters. The third-order valence-electron chi connectivity index (χ3n) is 5.93. The minimum Gasteiger partial charge on any atom is -0.484 e. The number of para-hydroxylation sites is 1. The molecule has 1 saturated carbocycles. The van der Waals surface area contributed by atoms with Gasteiger partial charge in [0.25, 0.3) is 5.91 Å². The molecule has 9 heteroatoms. The van der Waals surface area contributed by atoms with Gasteiger partial charge in [-0.25, -0.2) is 0 Å². The summed E-state index contributed by atoms with van der Waals surface area (Å²) in [6, 6.07) is 9.19. The fourth-order valence-corrected chi connectivity index (χ4v) is 4.65. The third-order valence-corrected chi connectivity index (χ3v) is 5.93. The molecule has 1 aromatic carbocycles. The van der Waals surface area contributed by atoms with Crippen molar-refractivity contribution in [2.45, 2.75) is 31.2 Å². The lowest BCUT2D eigenvalue weighted by Gasteiger charge is -2.25. The maximum Gasteiger partial charge on any atom is 0.258 e. The first kappa shape index (κ1) is 20.3. The summed E-state index contributed by atoms with van der Waals surface area (Å²) in [6.45, 7) is 2.83. The first-order valence-electron chi connectivity index (χ1n) is 10.0. The summed E-state index contributed by atoms with van der Waals surface area (Å²) >= 11 is 0. The van der Waals surface area contributed by atoms with Crippen molar-refractivity contribution in [2.75, 3.05) is 33.4 Å². The minimum absolute atomic E-state index is 0.0443. The summed E-state index contributed by atoms with van der Waals surface area (Å²) in [7, 11) is 1.51. The average Bonchev–Trinajstić information content (AvgIpc) is 3.40. The molecule has 1 N–H and O–H groups in total. The number of benzene rings is 1. The number of fused-ring (bicyclic) bond motifs is 1. The fraction of sp³-hybridized carbons (Fsp3) is 0.524. The van der Waals surface area contributed by atoms with Crippen LogP contribution in [0, 0.1) is 12.8 Å². The van der Waals surface area contributed by atoms with Gasteiger partial charge in [0.05, 0.1) is 5.41 Å². The van der Waals surface area contributed by atoms with E-state index in [0.29, 0.717) is 37.0 Å². The lowest BCUT2D eigenvalue weighted by atomic mass is 9.80. The van der Waals surface area contributed by atoms with Crippen molar-refractivity contribution in [3.63, 3.8) is 0 Å². The van der Waals surface area contributed by atoms with E-state index in [1.54, 1.807) is 11.8 Å². The van der Waals surface area contributed by atoms with Gasteiger partial charge in [-0.15, -0.1) is 0 Å². The number of amides is 2. The molecule has 1 aliphatic heterocycles. The van der Waals surface area contributed by atoms with E-state index in [1.807, 2.05) is 30.3 Å². The van der Waals surface area contributed by atoms with Crippen LogP contribution < -0.4 is 10.1 Å². The number of nitrogens with zero attached hydrogens (tertiary/aromatic N) is 3. The molecular formula is C21H26N4O5. The zero-order chi connectivity index (χ0) is 21.1. The number of aromatic nitrogens is 2. The highest BCUT2D eigenvalue weighted by molar-refractivity contribution is 5.79. The number of aryl methyl sites for hydroxylation is 1. The van der Waals surface area contributed by atoms with Crippen LogP contribution >= 0.6 is 0 Å². The predicted octanol–water partition coefficient (Wildman–Crippen LogP) is 1.08. The maximum absolute atomic E-state index is 12.4. The molecule has 2 aromatic rings. The molecule has 30 heavy (non-hydrogen) atoms. The quantitative estimate of drug-likeness (QED) is 0.722. The molecule has 0 bridgehead atoms. The van der Waals surface area contributed by atoms with Gasteiger partial charge in [-0.1, -0.05) is 23.4 Å². The van der Waals surface area contributed by atoms with Gasteiger partial charge in [0.2, 0.25) is 11.8 Å². The fourth-order valence-electron chi connectivity index (χ4n) is 4.65. The molecule has 4 rings (SSSR count). The van der Waals surface area contributed by atoms with E-state index in [9.17, 15) is 9.59 Å². The number of ether oxygens (including phenoxy) is 2. The van der Waals surface area contributed by atoms with Crippen molar-refractivity contribution in [1.29, 1.82) is 0 Å². The molecule has 2 heterocycles. The van der Waals surface area contributed by atoms with Crippen molar-refractivity contribution in [2.24, 2.45) is 5.92 Å². The normalized spacial score (nSPS) is 25.2. The smallest absolute Gasteiger partial charge is 0.258 e. The van der Waals surface area contributed by atoms with Crippen molar-refractivity contribution >= 4 is 11.8 Å². The van der Waals surface area contributed by atoms with Crippen molar-refractivity contribution in [3.8, 4) is 5.75 Å². The number of carbonyl (C=O) groups excluding carboxylic acids is 2. The van der Waals surface area contributed by atoms with E-state index in [4.69, 9.17) is 14.0 Å². The average molecular weight is 414 g/mol. The largest absolute Gasteiger partial charge is 0.484 e. The van der Waals surface area contributed by atoms with E-state index >= 15 is 0 Å².